The Bertz CT molecular complexity index is 909. The van der Waals surface area contributed by atoms with Crippen LogP contribution in [0.3, 0.4) is 0 Å². The standard InChI is InChI=1S/C11H4F6O5S/c12-10(13,14)9-4-7(18)6-2-1-5(3-8(6)21-9)22-23(19,20)11(15,16)17/h1-4H. The van der Waals surface area contributed by atoms with E-state index in [1.165, 1.54) is 0 Å². The molecule has 0 spiro atoms. The van der Waals surface area contributed by atoms with E-state index in [1.54, 1.807) is 0 Å². The van der Waals surface area contributed by atoms with Crippen LogP contribution in [0.15, 0.2) is 33.5 Å². The molecular formula is C11H4F6O5S. The number of hydrogen-bond acceptors (Lipinski definition) is 5. The van der Waals surface area contributed by atoms with E-state index < -0.39 is 49.7 Å². The fraction of sp³-hybridized carbons (Fsp3) is 0.182. The van der Waals surface area contributed by atoms with Crippen LogP contribution in [-0.2, 0) is 16.3 Å². The molecule has 5 nitrogen and oxygen atoms in total. The maximum atomic E-state index is 12.5. The zero-order valence-corrected chi connectivity index (χ0v) is 11.3. The van der Waals surface area contributed by atoms with Crippen molar-refractivity contribution in [2.75, 3.05) is 0 Å². The van der Waals surface area contributed by atoms with Gasteiger partial charge >= 0.3 is 21.8 Å². The van der Waals surface area contributed by atoms with Gasteiger partial charge in [0.1, 0.15) is 11.3 Å². The van der Waals surface area contributed by atoms with Crippen LogP contribution in [0.2, 0.25) is 0 Å². The number of alkyl halides is 6. The fourth-order valence-electron chi connectivity index (χ4n) is 1.50. The van der Waals surface area contributed by atoms with Crippen LogP contribution in [-0.4, -0.2) is 13.9 Å². The Morgan fingerprint density at radius 1 is 1.00 bits per heavy atom. The molecule has 126 valence electrons. The first-order valence-electron chi connectivity index (χ1n) is 5.47. The minimum atomic E-state index is -6.01. The molecule has 12 heteroatoms. The number of halogens is 6. The molecule has 0 N–H and O–H groups in total. The van der Waals surface area contributed by atoms with Gasteiger partial charge in [0.25, 0.3) is 0 Å². The van der Waals surface area contributed by atoms with Crippen molar-refractivity contribution in [1.29, 1.82) is 0 Å². The van der Waals surface area contributed by atoms with Crippen LogP contribution < -0.4 is 9.61 Å². The lowest BCUT2D eigenvalue weighted by atomic mass is 10.2. The van der Waals surface area contributed by atoms with Crippen molar-refractivity contribution < 1.29 is 43.4 Å². The van der Waals surface area contributed by atoms with Crippen molar-refractivity contribution in [2.45, 2.75) is 11.7 Å². The first-order chi connectivity index (χ1) is 10.3. The van der Waals surface area contributed by atoms with Gasteiger partial charge in [-0.25, -0.2) is 0 Å². The highest BCUT2D eigenvalue weighted by Crippen LogP contribution is 2.32. The molecule has 0 radical (unpaired) electrons. The Hall–Kier alpha value is -2.24. The van der Waals surface area contributed by atoms with Gasteiger partial charge in [0.05, 0.1) is 5.39 Å². The normalized spacial score (nSPS) is 13.3. The highest BCUT2D eigenvalue weighted by Gasteiger charge is 2.48. The molecule has 1 heterocycles. The summed E-state index contributed by atoms with van der Waals surface area (Å²) in [6, 6.07) is 2.06. The van der Waals surface area contributed by atoms with Crippen LogP contribution in [0.25, 0.3) is 11.0 Å². The third-order valence-electron chi connectivity index (χ3n) is 2.47. The van der Waals surface area contributed by atoms with Crippen LogP contribution >= 0.6 is 0 Å². The average molecular weight is 362 g/mol. The lowest BCUT2D eigenvalue weighted by Gasteiger charge is -2.10. The van der Waals surface area contributed by atoms with Gasteiger partial charge in [-0.15, -0.1) is 0 Å². The Labute approximate surface area is 123 Å². The summed E-state index contributed by atoms with van der Waals surface area (Å²) in [5.41, 5.74) is -7.61. The highest BCUT2D eigenvalue weighted by molar-refractivity contribution is 7.88. The van der Waals surface area contributed by atoms with Gasteiger partial charge in [-0.2, -0.15) is 34.8 Å². The van der Waals surface area contributed by atoms with Gasteiger partial charge in [0.2, 0.25) is 5.76 Å². The molecule has 1 aromatic carbocycles. The van der Waals surface area contributed by atoms with Gasteiger partial charge in [0.15, 0.2) is 5.43 Å². The highest BCUT2D eigenvalue weighted by atomic mass is 32.2. The van der Waals surface area contributed by atoms with Gasteiger partial charge in [-0.1, -0.05) is 0 Å². The summed E-state index contributed by atoms with van der Waals surface area (Å²) < 4.78 is 104. The Morgan fingerprint density at radius 2 is 1.61 bits per heavy atom. The summed E-state index contributed by atoms with van der Waals surface area (Å²) in [6.07, 6.45) is -5.01. The first-order valence-corrected chi connectivity index (χ1v) is 6.88. The van der Waals surface area contributed by atoms with Crippen LogP contribution in [0.4, 0.5) is 26.3 Å². The van der Waals surface area contributed by atoms with Crippen molar-refractivity contribution in [3.8, 4) is 5.75 Å². The van der Waals surface area contributed by atoms with Gasteiger partial charge in [-0.3, -0.25) is 4.79 Å². The zero-order chi connectivity index (χ0) is 17.6. The van der Waals surface area contributed by atoms with Crippen molar-refractivity contribution in [3.63, 3.8) is 0 Å². The van der Waals surface area contributed by atoms with Crippen LogP contribution in [0.5, 0.6) is 5.75 Å². The molecule has 0 saturated heterocycles. The summed E-state index contributed by atoms with van der Waals surface area (Å²) in [7, 11) is -6.01. The summed E-state index contributed by atoms with van der Waals surface area (Å²) in [5, 5.41) is -0.394. The number of hydrogen-bond donors (Lipinski definition) is 0. The van der Waals surface area contributed by atoms with E-state index in [0.29, 0.717) is 12.1 Å². The minimum Gasteiger partial charge on any atom is -0.451 e. The quantitative estimate of drug-likeness (QED) is 0.466. The Balaban J connectivity index is 2.57. The minimum absolute atomic E-state index is 0.162. The summed E-state index contributed by atoms with van der Waals surface area (Å²) >= 11 is 0. The molecular weight excluding hydrogens is 358 g/mol. The molecule has 0 aliphatic heterocycles. The van der Waals surface area contributed by atoms with Crippen molar-refractivity contribution >= 4 is 21.1 Å². The molecule has 0 atom stereocenters. The van der Waals surface area contributed by atoms with E-state index in [1.807, 2.05) is 0 Å². The van der Waals surface area contributed by atoms with Crippen molar-refractivity contribution in [3.05, 3.63) is 40.2 Å². The molecule has 2 aromatic rings. The second kappa shape index (κ2) is 5.15. The fourth-order valence-corrected chi connectivity index (χ4v) is 1.95. The molecule has 23 heavy (non-hydrogen) atoms. The number of fused-ring (bicyclic) bond motifs is 1. The van der Waals surface area contributed by atoms with E-state index in [0.717, 1.165) is 6.07 Å². The Morgan fingerprint density at radius 3 is 2.13 bits per heavy atom. The predicted octanol–water partition coefficient (Wildman–Crippen LogP) is 3.04. The van der Waals surface area contributed by atoms with Gasteiger partial charge in [0, 0.05) is 12.1 Å². The average Bonchev–Trinajstić information content (AvgIpc) is 2.35. The summed E-state index contributed by atoms with van der Waals surface area (Å²) in [4.78, 5) is 11.5. The second-order valence-electron chi connectivity index (χ2n) is 4.11. The van der Waals surface area contributed by atoms with Gasteiger partial charge < -0.3 is 8.60 Å². The maximum Gasteiger partial charge on any atom is 0.534 e. The molecule has 0 saturated carbocycles. The van der Waals surface area contributed by atoms with E-state index >= 15 is 0 Å². The lowest BCUT2D eigenvalue weighted by Crippen LogP contribution is -2.28. The van der Waals surface area contributed by atoms with E-state index in [2.05, 4.69) is 8.60 Å². The SMILES string of the molecule is O=c1cc(C(F)(F)F)oc2cc(OS(=O)(=O)C(F)(F)F)ccc12. The smallest absolute Gasteiger partial charge is 0.451 e. The monoisotopic (exact) mass is 362 g/mol. The van der Waals surface area contributed by atoms with E-state index in [-0.39, 0.29) is 6.07 Å². The van der Waals surface area contributed by atoms with Crippen LogP contribution in [0.1, 0.15) is 5.76 Å². The Kier molecular flexibility index (Phi) is 3.83. The van der Waals surface area contributed by atoms with E-state index in [4.69, 9.17) is 0 Å². The third kappa shape index (κ3) is 3.41. The molecule has 0 unspecified atom stereocenters. The molecule has 0 bridgehead atoms. The summed E-state index contributed by atoms with van der Waals surface area (Å²) in [5.74, 6) is -2.65. The molecule has 2 rings (SSSR count). The zero-order valence-electron chi connectivity index (χ0n) is 10.5. The predicted molar refractivity (Wildman–Crippen MR) is 63.1 cm³/mol. The third-order valence-corrected chi connectivity index (χ3v) is 3.45. The van der Waals surface area contributed by atoms with Crippen LogP contribution in [0, 0.1) is 0 Å². The van der Waals surface area contributed by atoms with Crippen molar-refractivity contribution in [2.24, 2.45) is 0 Å². The maximum absolute atomic E-state index is 12.5. The molecule has 0 aliphatic rings. The number of benzene rings is 1. The molecule has 0 fully saturated rings. The van der Waals surface area contributed by atoms with E-state index in [9.17, 15) is 39.6 Å². The van der Waals surface area contributed by atoms with Crippen molar-refractivity contribution in [1.82, 2.24) is 0 Å². The second-order valence-corrected chi connectivity index (χ2v) is 5.65. The molecule has 0 amide bonds. The molecule has 0 aliphatic carbocycles. The number of rotatable bonds is 2. The lowest BCUT2D eigenvalue weighted by molar-refractivity contribution is -0.152. The van der Waals surface area contributed by atoms with Gasteiger partial charge in [-0.05, 0) is 12.1 Å². The first kappa shape index (κ1) is 17.1. The molecule has 1 aromatic heterocycles. The topological polar surface area (TPSA) is 73.6 Å². The largest absolute Gasteiger partial charge is 0.534 e. The summed E-state index contributed by atoms with van der Waals surface area (Å²) in [6.45, 7) is 0.